The van der Waals surface area contributed by atoms with Crippen molar-refractivity contribution >= 4 is 19.7 Å². The van der Waals surface area contributed by atoms with Crippen LogP contribution in [0.3, 0.4) is 0 Å². The Hall–Kier alpha value is -2.18. The van der Waals surface area contributed by atoms with Crippen molar-refractivity contribution in [2.75, 3.05) is 24.7 Å². The van der Waals surface area contributed by atoms with Crippen LogP contribution in [0, 0.1) is 0 Å². The van der Waals surface area contributed by atoms with Gasteiger partial charge in [-0.15, -0.1) is 0 Å². The topological polar surface area (TPSA) is 40.2 Å². The first-order valence-corrected chi connectivity index (χ1v) is 14.2. The molecule has 0 atom stereocenters. The lowest BCUT2D eigenvalue weighted by atomic mass is 10.1. The van der Waals surface area contributed by atoms with Crippen molar-refractivity contribution in [3.63, 3.8) is 0 Å². The number of hydrogen-bond acceptors (Lipinski definition) is 5. The molecule has 2 aromatic carbocycles. The monoisotopic (exact) mass is 443 g/mol. The van der Waals surface area contributed by atoms with Crippen LogP contribution < -0.4 is 19.1 Å². The first-order valence-electron chi connectivity index (χ1n) is 11.3. The zero-order chi connectivity index (χ0) is 22.8. The van der Waals surface area contributed by atoms with Gasteiger partial charge in [-0.3, -0.25) is 0 Å². The van der Waals surface area contributed by atoms with Crippen molar-refractivity contribution < 1.29 is 18.6 Å². The average Bonchev–Trinajstić information content (AvgIpc) is 2.70. The molecule has 0 aromatic heterocycles. The molecule has 170 valence electrons. The molecule has 0 unspecified atom stereocenters. The maximum atomic E-state index is 6.59. The Kier molecular flexibility index (Phi) is 6.91. The van der Waals surface area contributed by atoms with E-state index in [0.29, 0.717) is 19.8 Å². The molecule has 3 rings (SSSR count). The van der Waals surface area contributed by atoms with Gasteiger partial charge in [0, 0.05) is 12.6 Å². The van der Waals surface area contributed by atoms with Crippen molar-refractivity contribution in [2.24, 2.45) is 0 Å². The number of nitrogens with zero attached hydrogens (tertiary/aromatic N) is 1. The highest BCUT2D eigenvalue weighted by Crippen LogP contribution is 2.51. The van der Waals surface area contributed by atoms with Crippen LogP contribution in [0.5, 0.6) is 23.0 Å². The molecule has 1 aliphatic rings. The van der Waals surface area contributed by atoms with Crippen molar-refractivity contribution in [3.05, 3.63) is 35.9 Å². The van der Waals surface area contributed by atoms with E-state index in [2.05, 4.69) is 57.8 Å². The Balaban J connectivity index is 2.06. The molecule has 1 heterocycles. The second-order valence-corrected chi connectivity index (χ2v) is 14.1. The first kappa shape index (κ1) is 23.5. The summed E-state index contributed by atoms with van der Waals surface area (Å²) in [4.78, 5) is 2.27. The second kappa shape index (κ2) is 9.13. The fourth-order valence-corrected chi connectivity index (χ4v) is 4.39. The summed E-state index contributed by atoms with van der Waals surface area (Å²) in [5.41, 5.74) is 3.05. The van der Waals surface area contributed by atoms with Gasteiger partial charge in [-0.1, -0.05) is 20.8 Å². The summed E-state index contributed by atoms with van der Waals surface area (Å²) in [6, 6.07) is 10.2. The third-order valence-corrected chi connectivity index (χ3v) is 10.7. The number of hydrogen-bond donors (Lipinski definition) is 0. The highest BCUT2D eigenvalue weighted by molar-refractivity contribution is 6.74. The van der Waals surface area contributed by atoms with E-state index < -0.39 is 8.32 Å². The van der Waals surface area contributed by atoms with Crippen LogP contribution in [0.25, 0.3) is 0 Å². The van der Waals surface area contributed by atoms with E-state index in [4.69, 9.17) is 18.6 Å². The molecule has 2 aromatic rings. The summed E-state index contributed by atoms with van der Waals surface area (Å²) >= 11 is 0. The number of benzene rings is 2. The number of anilines is 2. The van der Waals surface area contributed by atoms with Gasteiger partial charge in [-0.05, 0) is 63.2 Å². The molecule has 0 radical (unpaired) electrons. The minimum Gasteiger partial charge on any atom is -0.494 e. The predicted octanol–water partition coefficient (Wildman–Crippen LogP) is 7.27. The first-order chi connectivity index (χ1) is 14.6. The standard InChI is InChI=1S/C25H37NO4Si/c1-9-26-20-13-12-18(27-10-2)16-23(20)30-24-19(17-29-31(7,8)25(4,5)6)22(28-11-3)15-14-21(24)26/h12-16H,9-11,17H2,1-8H3. The molecule has 0 saturated heterocycles. The van der Waals surface area contributed by atoms with Crippen molar-refractivity contribution in [2.45, 2.75) is 66.3 Å². The van der Waals surface area contributed by atoms with E-state index in [0.717, 1.165) is 46.5 Å². The van der Waals surface area contributed by atoms with Crippen LogP contribution in [0.4, 0.5) is 11.4 Å². The maximum Gasteiger partial charge on any atom is 0.192 e. The molecular formula is C25H37NO4Si. The van der Waals surface area contributed by atoms with Crippen molar-refractivity contribution in [1.29, 1.82) is 0 Å². The van der Waals surface area contributed by atoms with Crippen LogP contribution >= 0.6 is 0 Å². The molecule has 0 spiro atoms. The number of ether oxygens (including phenoxy) is 3. The molecule has 31 heavy (non-hydrogen) atoms. The Morgan fingerprint density at radius 2 is 1.61 bits per heavy atom. The molecule has 0 aliphatic carbocycles. The fourth-order valence-electron chi connectivity index (χ4n) is 3.46. The van der Waals surface area contributed by atoms with Gasteiger partial charge in [-0.25, -0.2) is 0 Å². The second-order valence-electron chi connectivity index (χ2n) is 9.28. The SMILES string of the molecule is CCOc1ccc2c(c1)Oc1c(ccc(OCC)c1CO[Si](C)(C)C(C)(C)C)N2CC. The van der Waals surface area contributed by atoms with Gasteiger partial charge < -0.3 is 23.5 Å². The summed E-state index contributed by atoms with van der Waals surface area (Å²) in [5.74, 6) is 3.23. The third kappa shape index (κ3) is 4.70. The molecular weight excluding hydrogens is 406 g/mol. The summed E-state index contributed by atoms with van der Waals surface area (Å²) in [6.07, 6.45) is 0. The zero-order valence-corrected chi connectivity index (χ0v) is 21.3. The van der Waals surface area contributed by atoms with E-state index in [9.17, 15) is 0 Å². The normalized spacial score (nSPS) is 13.4. The van der Waals surface area contributed by atoms with Gasteiger partial charge in [-0.2, -0.15) is 0 Å². The quantitative estimate of drug-likeness (QED) is 0.401. The largest absolute Gasteiger partial charge is 0.494 e. The van der Waals surface area contributed by atoms with Crippen LogP contribution in [-0.4, -0.2) is 28.1 Å². The van der Waals surface area contributed by atoms with Crippen LogP contribution in [0.2, 0.25) is 18.1 Å². The summed E-state index contributed by atoms with van der Waals surface area (Å²) in [7, 11) is -1.94. The molecule has 0 amide bonds. The van der Waals surface area contributed by atoms with Gasteiger partial charge in [0.1, 0.15) is 11.5 Å². The van der Waals surface area contributed by atoms with Gasteiger partial charge in [0.25, 0.3) is 0 Å². The highest BCUT2D eigenvalue weighted by atomic mass is 28.4. The van der Waals surface area contributed by atoms with Crippen LogP contribution in [0.15, 0.2) is 30.3 Å². The molecule has 1 aliphatic heterocycles. The molecule has 0 fully saturated rings. The molecule has 0 bridgehead atoms. The Bertz CT molecular complexity index is 920. The van der Waals surface area contributed by atoms with Gasteiger partial charge in [0.2, 0.25) is 0 Å². The van der Waals surface area contributed by atoms with E-state index in [1.54, 1.807) is 0 Å². The van der Waals surface area contributed by atoms with Crippen molar-refractivity contribution in [1.82, 2.24) is 0 Å². The minimum absolute atomic E-state index is 0.128. The Morgan fingerprint density at radius 3 is 2.23 bits per heavy atom. The molecule has 0 N–H and O–H groups in total. The maximum absolute atomic E-state index is 6.59. The summed E-state index contributed by atoms with van der Waals surface area (Å²) in [5, 5.41) is 0.128. The minimum atomic E-state index is -1.94. The Morgan fingerprint density at radius 1 is 0.935 bits per heavy atom. The smallest absolute Gasteiger partial charge is 0.192 e. The van der Waals surface area contributed by atoms with Crippen LogP contribution in [0.1, 0.15) is 47.1 Å². The highest BCUT2D eigenvalue weighted by Gasteiger charge is 2.38. The lowest BCUT2D eigenvalue weighted by Crippen LogP contribution is -2.40. The predicted molar refractivity (Wildman–Crippen MR) is 130 cm³/mol. The van der Waals surface area contributed by atoms with Gasteiger partial charge >= 0.3 is 0 Å². The third-order valence-electron chi connectivity index (χ3n) is 6.23. The van der Waals surface area contributed by atoms with E-state index >= 15 is 0 Å². The van der Waals surface area contributed by atoms with E-state index in [1.807, 2.05) is 32.0 Å². The lowest BCUT2D eigenvalue weighted by molar-refractivity contribution is 0.258. The summed E-state index contributed by atoms with van der Waals surface area (Å²) in [6.45, 7) is 19.9. The number of rotatable bonds is 8. The van der Waals surface area contributed by atoms with Gasteiger partial charge in [0.05, 0.1) is 36.8 Å². The molecule has 0 saturated carbocycles. The van der Waals surface area contributed by atoms with Crippen molar-refractivity contribution in [3.8, 4) is 23.0 Å². The fraction of sp³-hybridized carbons (Fsp3) is 0.520. The molecule has 5 nitrogen and oxygen atoms in total. The summed E-state index contributed by atoms with van der Waals surface area (Å²) < 4.78 is 24.8. The zero-order valence-electron chi connectivity index (χ0n) is 20.3. The van der Waals surface area contributed by atoms with E-state index in [-0.39, 0.29) is 5.04 Å². The van der Waals surface area contributed by atoms with Crippen LogP contribution in [-0.2, 0) is 11.0 Å². The molecule has 6 heteroatoms. The Labute approximate surface area is 188 Å². The number of fused-ring (bicyclic) bond motifs is 2. The van der Waals surface area contributed by atoms with E-state index in [1.165, 1.54) is 0 Å². The average molecular weight is 444 g/mol. The lowest BCUT2D eigenvalue weighted by Gasteiger charge is -2.37. The van der Waals surface area contributed by atoms with Gasteiger partial charge in [0.15, 0.2) is 19.8 Å².